The van der Waals surface area contributed by atoms with E-state index < -0.39 is 30.0 Å². The smallest absolute Gasteiger partial charge is 0.338 e. The molecule has 3 rings (SSSR count). The summed E-state index contributed by atoms with van der Waals surface area (Å²) in [5.41, 5.74) is 0.112. The summed E-state index contributed by atoms with van der Waals surface area (Å²) >= 11 is 0. The van der Waals surface area contributed by atoms with Crippen LogP contribution in [0, 0.1) is 0 Å². The number of ether oxygens (including phenoxy) is 3. The monoisotopic (exact) mass is 383 g/mol. The molecule has 1 aliphatic heterocycles. The fraction of sp³-hybridized carbons (Fsp3) is 0.364. The molecule has 1 heterocycles. The number of amides is 1. The summed E-state index contributed by atoms with van der Waals surface area (Å²) in [6.07, 6.45) is -1.31. The van der Waals surface area contributed by atoms with Gasteiger partial charge in [0, 0.05) is 19.1 Å². The number of hydrogen-bond donors (Lipinski definition) is 1. The van der Waals surface area contributed by atoms with Crippen molar-refractivity contribution in [3.8, 4) is 0 Å². The highest BCUT2D eigenvalue weighted by molar-refractivity contribution is 5.94. The molecule has 1 aliphatic rings. The van der Waals surface area contributed by atoms with Crippen molar-refractivity contribution >= 4 is 11.9 Å². The molecule has 2 aromatic rings. The predicted octanol–water partition coefficient (Wildman–Crippen LogP) is 3.18. The molecule has 2 aromatic carbocycles. The zero-order valence-electron chi connectivity index (χ0n) is 16.3. The fourth-order valence-electron chi connectivity index (χ4n) is 3.50. The van der Waals surface area contributed by atoms with E-state index in [1.807, 2.05) is 19.1 Å². The first-order chi connectivity index (χ1) is 13.4. The Hall–Kier alpha value is -2.70. The summed E-state index contributed by atoms with van der Waals surface area (Å²) in [7, 11) is 1.55. The average Bonchev–Trinajstić information content (AvgIpc) is 2.71. The quantitative estimate of drug-likeness (QED) is 0.803. The normalized spacial score (nSPS) is 27.0. The molecule has 0 bridgehead atoms. The fourth-order valence-corrected chi connectivity index (χ4v) is 3.50. The second kappa shape index (κ2) is 8.54. The molecule has 4 atom stereocenters. The molecule has 28 heavy (non-hydrogen) atoms. The van der Waals surface area contributed by atoms with Gasteiger partial charge < -0.3 is 19.5 Å². The molecule has 1 saturated heterocycles. The van der Waals surface area contributed by atoms with E-state index >= 15 is 0 Å². The van der Waals surface area contributed by atoms with E-state index in [0.29, 0.717) is 17.5 Å². The molecule has 1 fully saturated rings. The highest BCUT2D eigenvalue weighted by Gasteiger charge is 2.49. The average molecular weight is 383 g/mol. The summed E-state index contributed by atoms with van der Waals surface area (Å²) in [6, 6.07) is 17.7. The lowest BCUT2D eigenvalue weighted by molar-refractivity contribution is -0.230. The molecule has 0 unspecified atom stereocenters. The van der Waals surface area contributed by atoms with Gasteiger partial charge >= 0.3 is 5.97 Å². The number of esters is 1. The molecule has 1 amide bonds. The first-order valence-electron chi connectivity index (χ1n) is 9.25. The molecular weight excluding hydrogens is 358 g/mol. The van der Waals surface area contributed by atoms with Crippen molar-refractivity contribution < 1.29 is 23.8 Å². The lowest BCUT2D eigenvalue weighted by Crippen LogP contribution is -2.64. The van der Waals surface area contributed by atoms with E-state index in [1.165, 1.54) is 0 Å². The van der Waals surface area contributed by atoms with Crippen molar-refractivity contribution in [1.82, 2.24) is 5.32 Å². The number of rotatable bonds is 5. The Labute approximate surface area is 164 Å². The number of nitrogens with one attached hydrogen (secondary N) is 1. The standard InChI is InChI=1S/C22H25NO5/c1-15-19(28-21(25)17-12-8-5-9-13-17)22(2,14-18(26-3)27-15)23-20(24)16-10-6-4-7-11-16/h4-13,15,18-19H,14H2,1-3H3,(H,23,24)/t15-,18-,19-,22-/m0/s1. The maximum atomic E-state index is 12.8. The molecule has 6 heteroatoms. The van der Waals surface area contributed by atoms with Crippen LogP contribution in [0.5, 0.6) is 0 Å². The van der Waals surface area contributed by atoms with Crippen molar-refractivity contribution in [2.24, 2.45) is 0 Å². The van der Waals surface area contributed by atoms with Crippen LogP contribution in [0.3, 0.4) is 0 Å². The van der Waals surface area contributed by atoms with Gasteiger partial charge in [-0.25, -0.2) is 4.79 Å². The Morgan fingerprint density at radius 3 is 2.18 bits per heavy atom. The molecule has 0 saturated carbocycles. The topological polar surface area (TPSA) is 73.9 Å². The summed E-state index contributed by atoms with van der Waals surface area (Å²) in [4.78, 5) is 25.4. The highest BCUT2D eigenvalue weighted by atomic mass is 16.7. The summed E-state index contributed by atoms with van der Waals surface area (Å²) in [5.74, 6) is -0.704. The minimum Gasteiger partial charge on any atom is -0.454 e. The highest BCUT2D eigenvalue weighted by Crippen LogP contribution is 2.32. The van der Waals surface area contributed by atoms with Crippen molar-refractivity contribution in [3.05, 3.63) is 71.8 Å². The van der Waals surface area contributed by atoms with E-state index in [0.717, 1.165) is 0 Å². The number of methoxy groups -OCH3 is 1. The van der Waals surface area contributed by atoms with Crippen molar-refractivity contribution in [2.75, 3.05) is 7.11 Å². The first kappa shape index (κ1) is 20.0. The first-order valence-corrected chi connectivity index (χ1v) is 9.25. The van der Waals surface area contributed by atoms with Gasteiger partial charge in [-0.2, -0.15) is 0 Å². The summed E-state index contributed by atoms with van der Waals surface area (Å²) < 4.78 is 17.0. The lowest BCUT2D eigenvalue weighted by Gasteiger charge is -2.46. The Morgan fingerprint density at radius 1 is 1.04 bits per heavy atom. The zero-order chi connectivity index (χ0) is 20.1. The van der Waals surface area contributed by atoms with Gasteiger partial charge in [-0.15, -0.1) is 0 Å². The third-order valence-electron chi connectivity index (χ3n) is 4.95. The molecule has 0 aromatic heterocycles. The summed E-state index contributed by atoms with van der Waals surface area (Å²) in [6.45, 7) is 3.66. The number of benzene rings is 2. The van der Waals surface area contributed by atoms with Crippen molar-refractivity contribution in [3.63, 3.8) is 0 Å². The Kier molecular flexibility index (Phi) is 6.11. The Bertz CT molecular complexity index is 810. The Morgan fingerprint density at radius 2 is 1.61 bits per heavy atom. The van der Waals surface area contributed by atoms with E-state index in [4.69, 9.17) is 14.2 Å². The largest absolute Gasteiger partial charge is 0.454 e. The second-order valence-electron chi connectivity index (χ2n) is 7.14. The molecular formula is C22H25NO5. The maximum Gasteiger partial charge on any atom is 0.338 e. The number of hydrogen-bond acceptors (Lipinski definition) is 5. The minimum absolute atomic E-state index is 0.243. The van der Waals surface area contributed by atoms with Crippen LogP contribution in [0.15, 0.2) is 60.7 Å². The molecule has 1 N–H and O–H groups in total. The van der Waals surface area contributed by atoms with Gasteiger partial charge in [0.15, 0.2) is 12.4 Å². The van der Waals surface area contributed by atoms with Crippen LogP contribution >= 0.6 is 0 Å². The van der Waals surface area contributed by atoms with Crippen molar-refractivity contribution in [1.29, 1.82) is 0 Å². The van der Waals surface area contributed by atoms with E-state index in [9.17, 15) is 9.59 Å². The maximum absolute atomic E-state index is 12.8. The molecule has 6 nitrogen and oxygen atoms in total. The predicted molar refractivity (Wildman–Crippen MR) is 104 cm³/mol. The minimum atomic E-state index is -0.865. The number of carbonyl (C=O) groups is 2. The second-order valence-corrected chi connectivity index (χ2v) is 7.14. The van der Waals surface area contributed by atoms with E-state index in [1.54, 1.807) is 62.6 Å². The van der Waals surface area contributed by atoms with Gasteiger partial charge in [0.05, 0.1) is 17.2 Å². The molecule has 148 valence electrons. The van der Waals surface area contributed by atoms with Crippen LogP contribution in [-0.4, -0.2) is 43.0 Å². The molecule has 0 spiro atoms. The zero-order valence-corrected chi connectivity index (χ0v) is 16.3. The van der Waals surface area contributed by atoms with Crippen LogP contribution in [0.25, 0.3) is 0 Å². The van der Waals surface area contributed by atoms with Crippen LogP contribution in [-0.2, 0) is 14.2 Å². The lowest BCUT2D eigenvalue weighted by atomic mass is 9.84. The van der Waals surface area contributed by atoms with Gasteiger partial charge in [-0.05, 0) is 38.1 Å². The van der Waals surface area contributed by atoms with Crippen LogP contribution in [0.4, 0.5) is 0 Å². The van der Waals surface area contributed by atoms with E-state index in [-0.39, 0.29) is 5.91 Å². The van der Waals surface area contributed by atoms with E-state index in [2.05, 4.69) is 5.32 Å². The summed E-state index contributed by atoms with van der Waals surface area (Å²) in [5, 5.41) is 3.04. The number of carbonyl (C=O) groups excluding carboxylic acids is 2. The third kappa shape index (κ3) is 4.40. The van der Waals surface area contributed by atoms with Gasteiger partial charge in [0.2, 0.25) is 0 Å². The van der Waals surface area contributed by atoms with Crippen LogP contribution in [0.1, 0.15) is 41.0 Å². The molecule has 0 radical (unpaired) electrons. The van der Waals surface area contributed by atoms with Gasteiger partial charge in [0.1, 0.15) is 0 Å². The van der Waals surface area contributed by atoms with Gasteiger partial charge in [0.25, 0.3) is 5.91 Å². The molecule has 0 aliphatic carbocycles. The SMILES string of the molecule is CO[C@@H]1C[C@](C)(NC(=O)c2ccccc2)[C@@H](OC(=O)c2ccccc2)[C@H](C)O1. The van der Waals surface area contributed by atoms with Crippen LogP contribution in [0.2, 0.25) is 0 Å². The van der Waals surface area contributed by atoms with Crippen LogP contribution < -0.4 is 5.32 Å². The Balaban J connectivity index is 1.84. The van der Waals surface area contributed by atoms with Crippen molar-refractivity contribution in [2.45, 2.75) is 44.3 Å². The van der Waals surface area contributed by atoms with Gasteiger partial charge in [-0.1, -0.05) is 36.4 Å². The third-order valence-corrected chi connectivity index (χ3v) is 4.95. The van der Waals surface area contributed by atoms with Gasteiger partial charge in [-0.3, -0.25) is 4.79 Å².